The second kappa shape index (κ2) is 11.3. The van der Waals surface area contributed by atoms with Gasteiger partial charge in [0.1, 0.15) is 22.3 Å². The number of fused-ring (bicyclic) bond motifs is 13. The summed E-state index contributed by atoms with van der Waals surface area (Å²) in [5.41, 5.74) is 9.50. The van der Waals surface area contributed by atoms with Crippen molar-refractivity contribution >= 4 is 114 Å². The lowest BCUT2D eigenvalue weighted by Crippen LogP contribution is -2.09. The van der Waals surface area contributed by atoms with E-state index < -0.39 is 0 Å². The van der Waals surface area contributed by atoms with E-state index in [9.17, 15) is 0 Å². The third-order valence-electron chi connectivity index (χ3n) is 10.8. The van der Waals surface area contributed by atoms with E-state index in [-0.39, 0.29) is 0 Å². The zero-order valence-corrected chi connectivity index (χ0v) is 29.6. The molecule has 0 amide bonds. The molecule has 4 nitrogen and oxygen atoms in total. The minimum atomic E-state index is 0.847. The molecule has 0 fully saturated rings. The van der Waals surface area contributed by atoms with Gasteiger partial charge in [0.15, 0.2) is 0 Å². The first-order valence-corrected chi connectivity index (χ1v) is 18.9. The number of furan rings is 2. The predicted molar refractivity (Wildman–Crippen MR) is 227 cm³/mol. The van der Waals surface area contributed by atoms with Gasteiger partial charge in [0.05, 0.1) is 11.2 Å². The Kier molecular flexibility index (Phi) is 6.18. The number of nitrogens with zero attached hydrogens (tertiary/aromatic N) is 2. The highest BCUT2D eigenvalue weighted by atomic mass is 32.1. The van der Waals surface area contributed by atoms with Crippen molar-refractivity contribution < 1.29 is 8.83 Å². The van der Waals surface area contributed by atoms with Crippen LogP contribution in [0.1, 0.15) is 0 Å². The van der Waals surface area contributed by atoms with E-state index in [1.54, 1.807) is 0 Å². The van der Waals surface area contributed by atoms with Crippen LogP contribution in [0.5, 0.6) is 0 Å². The largest absolute Gasteiger partial charge is 0.456 e. The van der Waals surface area contributed by atoms with E-state index in [1.807, 2.05) is 35.6 Å². The molecule has 0 N–H and O–H groups in total. The number of aromatic nitrogens is 1. The van der Waals surface area contributed by atoms with Crippen LogP contribution in [0.15, 0.2) is 179 Å². The summed E-state index contributed by atoms with van der Waals surface area (Å²) in [5.74, 6) is 0. The first-order valence-electron chi connectivity index (χ1n) is 18.1. The summed E-state index contributed by atoms with van der Waals surface area (Å²) in [7, 11) is 0. The maximum Gasteiger partial charge on any atom is 0.137 e. The second-order valence-corrected chi connectivity index (χ2v) is 14.9. The number of anilines is 3. The summed E-state index contributed by atoms with van der Waals surface area (Å²) in [6.45, 7) is 0. The molecular formula is C49H28N2O2S. The zero-order chi connectivity index (χ0) is 35.3. The molecule has 252 valence electrons. The van der Waals surface area contributed by atoms with Crippen LogP contribution in [0, 0.1) is 0 Å². The van der Waals surface area contributed by atoms with Crippen molar-refractivity contribution in [2.45, 2.75) is 0 Å². The number of benzene rings is 8. The van der Waals surface area contributed by atoms with Gasteiger partial charge in [-0.2, -0.15) is 0 Å². The molecule has 8 aromatic carbocycles. The molecule has 0 aliphatic rings. The van der Waals surface area contributed by atoms with Gasteiger partial charge < -0.3 is 13.7 Å². The molecule has 0 bridgehead atoms. The Morgan fingerprint density at radius 1 is 0.407 bits per heavy atom. The highest BCUT2D eigenvalue weighted by Gasteiger charge is 2.20. The number of para-hydroxylation sites is 3. The minimum Gasteiger partial charge on any atom is -0.456 e. The van der Waals surface area contributed by atoms with Crippen LogP contribution in [0.3, 0.4) is 0 Å². The van der Waals surface area contributed by atoms with E-state index >= 15 is 0 Å². The fourth-order valence-electron chi connectivity index (χ4n) is 8.36. The Morgan fingerprint density at radius 2 is 0.926 bits per heavy atom. The third kappa shape index (κ3) is 4.33. The van der Waals surface area contributed by atoms with Crippen molar-refractivity contribution in [3.63, 3.8) is 0 Å². The molecule has 0 atom stereocenters. The maximum absolute atomic E-state index is 6.38. The van der Waals surface area contributed by atoms with Crippen molar-refractivity contribution in [2.75, 3.05) is 4.90 Å². The molecule has 0 spiro atoms. The summed E-state index contributed by atoms with van der Waals surface area (Å²) in [6.07, 6.45) is 0. The number of pyridine rings is 1. The average Bonchev–Trinajstić information content (AvgIpc) is 3.91. The van der Waals surface area contributed by atoms with Crippen LogP contribution in [0.4, 0.5) is 17.1 Å². The van der Waals surface area contributed by atoms with Crippen LogP contribution in [-0.2, 0) is 0 Å². The van der Waals surface area contributed by atoms with Gasteiger partial charge in [0.25, 0.3) is 0 Å². The highest BCUT2D eigenvalue weighted by Crippen LogP contribution is 2.45. The van der Waals surface area contributed by atoms with Gasteiger partial charge >= 0.3 is 0 Å². The summed E-state index contributed by atoms with van der Waals surface area (Å²) in [5, 5.41) is 10.6. The van der Waals surface area contributed by atoms with Gasteiger partial charge in [-0.25, -0.2) is 4.98 Å². The lowest BCUT2D eigenvalue weighted by atomic mass is 9.98. The van der Waals surface area contributed by atoms with Crippen LogP contribution >= 0.6 is 11.3 Å². The normalized spacial score (nSPS) is 12.1. The average molecular weight is 709 g/mol. The van der Waals surface area contributed by atoms with Crippen LogP contribution in [0.2, 0.25) is 0 Å². The van der Waals surface area contributed by atoms with Crippen molar-refractivity contribution in [2.24, 2.45) is 0 Å². The molecule has 4 heterocycles. The molecule has 0 saturated heterocycles. The third-order valence-corrected chi connectivity index (χ3v) is 12.1. The molecule has 0 saturated carbocycles. The topological polar surface area (TPSA) is 42.4 Å². The summed E-state index contributed by atoms with van der Waals surface area (Å²) < 4.78 is 15.4. The lowest BCUT2D eigenvalue weighted by molar-refractivity contribution is 0.669. The quantitative estimate of drug-likeness (QED) is 0.171. The molecule has 12 aromatic rings. The summed E-state index contributed by atoms with van der Waals surface area (Å²) in [6, 6.07) is 59.9. The van der Waals surface area contributed by atoms with E-state index in [1.165, 1.54) is 30.9 Å². The first-order chi connectivity index (χ1) is 26.7. The SMILES string of the molecule is c1ccc2c(c1)nc(-c1ccc(N(c3ccc4c(c3)oc3ccccc34)c3ccc4c(c3)oc3ccccc34)cc1)c1ccc3c4ccccc4sc3c12. The minimum absolute atomic E-state index is 0.847. The predicted octanol–water partition coefficient (Wildman–Crippen LogP) is 14.7. The Bertz CT molecular complexity index is 3350. The van der Waals surface area contributed by atoms with Crippen molar-refractivity contribution in [3.05, 3.63) is 170 Å². The van der Waals surface area contributed by atoms with Gasteiger partial charge in [0.2, 0.25) is 0 Å². The van der Waals surface area contributed by atoms with E-state index in [2.05, 4.69) is 150 Å². The van der Waals surface area contributed by atoms with Crippen LogP contribution in [-0.4, -0.2) is 4.98 Å². The van der Waals surface area contributed by atoms with Crippen LogP contribution < -0.4 is 4.90 Å². The van der Waals surface area contributed by atoms with Gasteiger partial charge in [-0.15, -0.1) is 11.3 Å². The van der Waals surface area contributed by atoms with Crippen molar-refractivity contribution in [3.8, 4) is 11.3 Å². The molecule has 4 aromatic heterocycles. The lowest BCUT2D eigenvalue weighted by Gasteiger charge is -2.25. The number of hydrogen-bond acceptors (Lipinski definition) is 5. The van der Waals surface area contributed by atoms with Gasteiger partial charge in [-0.1, -0.05) is 97.1 Å². The van der Waals surface area contributed by atoms with Crippen LogP contribution in [0.25, 0.3) is 97.0 Å². The van der Waals surface area contributed by atoms with Gasteiger partial charge in [0, 0.05) is 92.6 Å². The maximum atomic E-state index is 6.38. The Labute approximate surface area is 312 Å². The molecule has 12 rings (SSSR count). The summed E-state index contributed by atoms with van der Waals surface area (Å²) >= 11 is 1.87. The zero-order valence-electron chi connectivity index (χ0n) is 28.8. The fourth-order valence-corrected chi connectivity index (χ4v) is 9.62. The number of rotatable bonds is 4. The molecule has 5 heteroatoms. The van der Waals surface area contributed by atoms with Crippen molar-refractivity contribution in [1.29, 1.82) is 0 Å². The number of hydrogen-bond donors (Lipinski definition) is 0. The molecular weight excluding hydrogens is 681 g/mol. The first kappa shape index (κ1) is 29.6. The molecule has 0 aliphatic carbocycles. The van der Waals surface area contributed by atoms with E-state index in [0.29, 0.717) is 0 Å². The molecule has 54 heavy (non-hydrogen) atoms. The van der Waals surface area contributed by atoms with E-state index in [4.69, 9.17) is 13.8 Å². The number of thiophene rings is 1. The molecule has 0 unspecified atom stereocenters. The second-order valence-electron chi connectivity index (χ2n) is 13.9. The van der Waals surface area contributed by atoms with Gasteiger partial charge in [-0.3, -0.25) is 0 Å². The molecule has 0 aliphatic heterocycles. The Morgan fingerprint density at radius 3 is 1.61 bits per heavy atom. The highest BCUT2D eigenvalue weighted by molar-refractivity contribution is 7.26. The van der Waals surface area contributed by atoms with Crippen molar-refractivity contribution in [1.82, 2.24) is 4.98 Å². The standard InChI is InChI=1S/C49H28N2O2S/c1-5-13-41-39(12-1)47-40(26-25-38-37-11-4-8-16-46(37)54-49(38)47)48(50-41)29-17-19-30(20-18-29)51(31-21-23-35-33-9-2-6-14-42(33)52-44(35)27-31)32-22-24-36-34-10-3-7-15-43(34)53-45(36)28-32/h1-28H. The van der Waals surface area contributed by atoms with E-state index in [0.717, 1.165) is 83.1 Å². The Hall–Kier alpha value is -6.95. The molecule has 0 radical (unpaired) electrons. The Balaban J connectivity index is 1.05. The summed E-state index contributed by atoms with van der Waals surface area (Å²) in [4.78, 5) is 7.57. The fraction of sp³-hybridized carbons (Fsp3) is 0. The monoisotopic (exact) mass is 708 g/mol. The smallest absolute Gasteiger partial charge is 0.137 e. The van der Waals surface area contributed by atoms with Gasteiger partial charge in [-0.05, 0) is 60.7 Å².